The van der Waals surface area contributed by atoms with Crippen molar-refractivity contribution in [3.8, 4) is 0 Å². The molecule has 0 radical (unpaired) electrons. The molecule has 0 bridgehead atoms. The standard InChI is InChI=1S/C22H21F7N2O2S/c1-3-5-9-14(32)30-11-7-6-8-12(10-11)34-13(4-2)21(33)31-20-18(25)16(23)15(22(27,28)29)17(24)19(20)26/h6-8,10,13H,3-5,9H2,1-2H3,(H,30,32)(H,31,33). The van der Waals surface area contributed by atoms with E-state index in [1.54, 1.807) is 36.5 Å². The fourth-order valence-electron chi connectivity index (χ4n) is 2.89. The molecule has 0 saturated carbocycles. The molecule has 0 aliphatic heterocycles. The van der Waals surface area contributed by atoms with Gasteiger partial charge < -0.3 is 10.6 Å². The lowest BCUT2D eigenvalue weighted by atomic mass is 10.1. The molecule has 2 rings (SSSR count). The van der Waals surface area contributed by atoms with Gasteiger partial charge in [0.25, 0.3) is 0 Å². The zero-order valence-electron chi connectivity index (χ0n) is 18.1. The van der Waals surface area contributed by atoms with Crippen molar-refractivity contribution < 1.29 is 40.3 Å². The Labute approximate surface area is 195 Å². The maximum atomic E-state index is 14.1. The van der Waals surface area contributed by atoms with Crippen molar-refractivity contribution >= 4 is 35.0 Å². The number of hydrogen-bond donors (Lipinski definition) is 2. The summed E-state index contributed by atoms with van der Waals surface area (Å²) in [5, 5.41) is 3.32. The highest BCUT2D eigenvalue weighted by Gasteiger charge is 2.42. The van der Waals surface area contributed by atoms with Crippen molar-refractivity contribution in [3.63, 3.8) is 0 Å². The van der Waals surface area contributed by atoms with Gasteiger partial charge in [0.15, 0.2) is 23.3 Å². The first kappa shape index (κ1) is 27.5. The number of carbonyl (C=O) groups is 2. The normalized spacial score (nSPS) is 12.4. The van der Waals surface area contributed by atoms with E-state index in [4.69, 9.17) is 0 Å². The van der Waals surface area contributed by atoms with Crippen LogP contribution in [-0.4, -0.2) is 17.1 Å². The number of halogens is 7. The van der Waals surface area contributed by atoms with Gasteiger partial charge in [-0.2, -0.15) is 13.2 Å². The van der Waals surface area contributed by atoms with Gasteiger partial charge in [-0.05, 0) is 31.0 Å². The summed E-state index contributed by atoms with van der Waals surface area (Å²) in [6.45, 7) is 3.49. The molecule has 2 N–H and O–H groups in total. The molecule has 0 saturated heterocycles. The highest BCUT2D eigenvalue weighted by molar-refractivity contribution is 8.00. The molecule has 2 amide bonds. The van der Waals surface area contributed by atoms with Crippen molar-refractivity contribution in [2.45, 2.75) is 55.9 Å². The minimum absolute atomic E-state index is 0.0957. The molecule has 0 aliphatic carbocycles. The highest BCUT2D eigenvalue weighted by Crippen LogP contribution is 2.39. The topological polar surface area (TPSA) is 58.2 Å². The summed E-state index contributed by atoms with van der Waals surface area (Å²) in [5.41, 5.74) is -3.92. The van der Waals surface area contributed by atoms with Gasteiger partial charge in [0, 0.05) is 17.0 Å². The van der Waals surface area contributed by atoms with Gasteiger partial charge in [0.1, 0.15) is 11.3 Å². The number of hydrogen-bond acceptors (Lipinski definition) is 3. The Hall–Kier alpha value is -2.76. The van der Waals surface area contributed by atoms with Gasteiger partial charge in [-0.3, -0.25) is 9.59 Å². The van der Waals surface area contributed by atoms with Crippen LogP contribution in [0.15, 0.2) is 29.2 Å². The molecule has 12 heteroatoms. The molecule has 0 aliphatic rings. The van der Waals surface area contributed by atoms with Crippen LogP contribution in [0.2, 0.25) is 0 Å². The lowest BCUT2D eigenvalue weighted by Crippen LogP contribution is -2.27. The molecule has 1 unspecified atom stereocenters. The molecule has 2 aromatic rings. The van der Waals surface area contributed by atoms with Gasteiger partial charge >= 0.3 is 6.18 Å². The van der Waals surface area contributed by atoms with E-state index < -0.39 is 51.9 Å². The predicted octanol–water partition coefficient (Wildman–Crippen LogP) is 6.90. The molecule has 1 atom stereocenters. The first-order valence-corrected chi connectivity index (χ1v) is 11.1. The van der Waals surface area contributed by atoms with Gasteiger partial charge in [-0.15, -0.1) is 11.8 Å². The Morgan fingerprint density at radius 1 is 0.971 bits per heavy atom. The maximum absolute atomic E-state index is 14.1. The van der Waals surface area contributed by atoms with Gasteiger partial charge in [-0.25, -0.2) is 17.6 Å². The number of benzene rings is 2. The van der Waals surface area contributed by atoms with Crippen LogP contribution < -0.4 is 10.6 Å². The highest BCUT2D eigenvalue weighted by atomic mass is 32.2. The molecule has 2 aromatic carbocycles. The third-order valence-electron chi connectivity index (χ3n) is 4.61. The fraction of sp³-hybridized carbons (Fsp3) is 0.364. The second-order valence-electron chi connectivity index (χ2n) is 7.19. The number of alkyl halides is 3. The number of anilines is 2. The van der Waals surface area contributed by atoms with E-state index in [9.17, 15) is 40.3 Å². The average Bonchev–Trinajstić information content (AvgIpc) is 2.76. The smallest absolute Gasteiger partial charge is 0.326 e. The van der Waals surface area contributed by atoms with E-state index >= 15 is 0 Å². The minimum atomic E-state index is -5.68. The average molecular weight is 510 g/mol. The molecule has 34 heavy (non-hydrogen) atoms. The van der Waals surface area contributed by atoms with Gasteiger partial charge in [0.05, 0.1) is 5.25 Å². The largest absolute Gasteiger partial charge is 0.422 e. The lowest BCUT2D eigenvalue weighted by Gasteiger charge is -2.18. The van der Waals surface area contributed by atoms with Crippen LogP contribution in [0.5, 0.6) is 0 Å². The van der Waals surface area contributed by atoms with Gasteiger partial charge in [-0.1, -0.05) is 26.3 Å². The zero-order valence-corrected chi connectivity index (χ0v) is 18.9. The minimum Gasteiger partial charge on any atom is -0.326 e. The van der Waals surface area contributed by atoms with E-state index in [0.29, 0.717) is 23.4 Å². The molecule has 0 heterocycles. The third-order valence-corrected chi connectivity index (χ3v) is 5.97. The Bertz CT molecular complexity index is 1030. The van der Waals surface area contributed by atoms with Crippen molar-refractivity contribution in [2.24, 2.45) is 0 Å². The first-order chi connectivity index (χ1) is 15.9. The molecule has 4 nitrogen and oxygen atoms in total. The number of rotatable bonds is 9. The van der Waals surface area contributed by atoms with E-state index in [0.717, 1.165) is 18.2 Å². The second kappa shape index (κ2) is 11.6. The molecular formula is C22H21F7N2O2S. The Kier molecular flexibility index (Phi) is 9.37. The van der Waals surface area contributed by atoms with Crippen LogP contribution in [0.3, 0.4) is 0 Å². The third kappa shape index (κ3) is 6.64. The molecule has 186 valence electrons. The molecule has 0 fully saturated rings. The SMILES string of the molecule is CCCCC(=O)Nc1cccc(SC(CC)C(=O)Nc2c(F)c(F)c(C(F)(F)F)c(F)c2F)c1. The quantitative estimate of drug-likeness (QED) is 0.219. The Morgan fingerprint density at radius 2 is 1.59 bits per heavy atom. The van der Waals surface area contributed by atoms with E-state index in [-0.39, 0.29) is 12.3 Å². The van der Waals surface area contributed by atoms with E-state index in [1.807, 2.05) is 6.92 Å². The summed E-state index contributed by atoms with van der Waals surface area (Å²) in [5.74, 6) is -11.3. The molecular weight excluding hydrogens is 489 g/mol. The fourth-order valence-corrected chi connectivity index (χ4v) is 3.90. The van der Waals surface area contributed by atoms with Crippen LogP contribution in [0.25, 0.3) is 0 Å². The van der Waals surface area contributed by atoms with Crippen LogP contribution in [0, 0.1) is 23.3 Å². The van der Waals surface area contributed by atoms with Crippen LogP contribution in [0.1, 0.15) is 45.1 Å². The van der Waals surface area contributed by atoms with Crippen molar-refractivity contribution in [1.29, 1.82) is 0 Å². The first-order valence-electron chi connectivity index (χ1n) is 10.2. The second-order valence-corrected chi connectivity index (χ2v) is 8.46. The van der Waals surface area contributed by atoms with Crippen LogP contribution in [0.4, 0.5) is 42.1 Å². The summed E-state index contributed by atoms with van der Waals surface area (Å²) < 4.78 is 94.0. The monoisotopic (exact) mass is 510 g/mol. The lowest BCUT2D eigenvalue weighted by molar-refractivity contribution is -0.143. The Balaban J connectivity index is 2.22. The maximum Gasteiger partial charge on any atom is 0.422 e. The predicted molar refractivity (Wildman–Crippen MR) is 114 cm³/mol. The van der Waals surface area contributed by atoms with E-state index in [1.165, 1.54) is 0 Å². The van der Waals surface area contributed by atoms with Crippen LogP contribution >= 0.6 is 11.8 Å². The summed E-state index contributed by atoms with van der Waals surface area (Å²) in [4.78, 5) is 24.9. The number of thioether (sulfide) groups is 1. The summed E-state index contributed by atoms with van der Waals surface area (Å²) in [7, 11) is 0. The van der Waals surface area contributed by atoms with Crippen molar-refractivity contribution in [2.75, 3.05) is 10.6 Å². The number of nitrogens with one attached hydrogen (secondary N) is 2. The van der Waals surface area contributed by atoms with Crippen molar-refractivity contribution in [1.82, 2.24) is 0 Å². The summed E-state index contributed by atoms with van der Waals surface area (Å²) in [6.07, 6.45) is -3.72. The molecule has 0 spiro atoms. The van der Waals surface area contributed by atoms with Crippen molar-refractivity contribution in [3.05, 3.63) is 53.1 Å². The van der Waals surface area contributed by atoms with E-state index in [2.05, 4.69) is 5.32 Å². The Morgan fingerprint density at radius 3 is 2.12 bits per heavy atom. The van der Waals surface area contributed by atoms with Gasteiger partial charge in [0.2, 0.25) is 11.8 Å². The number of carbonyl (C=O) groups excluding carboxylic acids is 2. The zero-order chi connectivity index (χ0) is 25.6. The van der Waals surface area contributed by atoms with Crippen LogP contribution in [-0.2, 0) is 15.8 Å². The number of amides is 2. The summed E-state index contributed by atoms with van der Waals surface area (Å²) >= 11 is 0.927. The summed E-state index contributed by atoms with van der Waals surface area (Å²) in [6, 6.07) is 6.37. The molecule has 0 aromatic heterocycles. The number of unbranched alkanes of at least 4 members (excludes halogenated alkanes) is 1.